The first kappa shape index (κ1) is 9.51. The van der Waals surface area contributed by atoms with Crippen LogP contribution in [0.25, 0.3) is 0 Å². The molecule has 0 radical (unpaired) electrons. The van der Waals surface area contributed by atoms with E-state index in [-0.39, 0.29) is 0 Å². The minimum atomic E-state index is 0.526. The van der Waals surface area contributed by atoms with Crippen LogP contribution in [0.1, 0.15) is 40.0 Å². The van der Waals surface area contributed by atoms with Crippen LogP contribution in [0.2, 0.25) is 0 Å². The van der Waals surface area contributed by atoms with Crippen molar-refractivity contribution in [3.63, 3.8) is 0 Å². The zero-order chi connectivity index (χ0) is 9.69. The van der Waals surface area contributed by atoms with Gasteiger partial charge in [-0.1, -0.05) is 27.2 Å². The van der Waals surface area contributed by atoms with Gasteiger partial charge in [0.2, 0.25) is 0 Å². The van der Waals surface area contributed by atoms with Crippen LogP contribution in [-0.4, -0.2) is 25.0 Å². The fourth-order valence-corrected chi connectivity index (χ4v) is 3.90. The Morgan fingerprint density at radius 2 is 1.85 bits per heavy atom. The molecule has 1 spiro atoms. The molecule has 1 heteroatoms. The van der Waals surface area contributed by atoms with Crippen LogP contribution in [0.5, 0.6) is 0 Å². The molecule has 0 amide bonds. The summed E-state index contributed by atoms with van der Waals surface area (Å²) in [6.45, 7) is 9.97. The monoisotopic (exact) mass is 181 g/mol. The highest BCUT2D eigenvalue weighted by molar-refractivity contribution is 5.04. The highest BCUT2D eigenvalue weighted by Gasteiger charge is 2.53. The van der Waals surface area contributed by atoms with E-state index in [4.69, 9.17) is 0 Å². The topological polar surface area (TPSA) is 3.24 Å². The van der Waals surface area contributed by atoms with E-state index in [1.807, 2.05) is 0 Å². The van der Waals surface area contributed by atoms with Gasteiger partial charge in [0.05, 0.1) is 0 Å². The summed E-state index contributed by atoms with van der Waals surface area (Å²) < 4.78 is 0. The predicted molar refractivity (Wildman–Crippen MR) is 56.7 cm³/mol. The molecule has 2 rings (SSSR count). The molecule has 1 heterocycles. The van der Waals surface area contributed by atoms with Gasteiger partial charge in [-0.2, -0.15) is 0 Å². The first-order valence-corrected chi connectivity index (χ1v) is 5.63. The zero-order valence-electron chi connectivity index (χ0n) is 9.56. The van der Waals surface area contributed by atoms with E-state index in [1.54, 1.807) is 0 Å². The Bertz CT molecular complexity index is 196. The molecule has 2 aliphatic rings. The van der Waals surface area contributed by atoms with Gasteiger partial charge in [-0.25, -0.2) is 0 Å². The van der Waals surface area contributed by atoms with E-state index >= 15 is 0 Å². The van der Waals surface area contributed by atoms with Crippen LogP contribution < -0.4 is 0 Å². The van der Waals surface area contributed by atoms with Crippen LogP contribution in [0.3, 0.4) is 0 Å². The number of nitrogens with zero attached hydrogens (tertiary/aromatic N) is 1. The fraction of sp³-hybridized carbons (Fsp3) is 1.00. The molecule has 0 aromatic heterocycles. The molecule has 1 aliphatic carbocycles. The molecule has 0 aromatic rings. The summed E-state index contributed by atoms with van der Waals surface area (Å²) in [5.41, 5.74) is 1.24. The summed E-state index contributed by atoms with van der Waals surface area (Å²) >= 11 is 0. The van der Waals surface area contributed by atoms with Gasteiger partial charge in [-0.05, 0) is 36.6 Å². The van der Waals surface area contributed by atoms with Crippen LogP contribution in [0.15, 0.2) is 0 Å². The molecule has 0 unspecified atom stereocenters. The van der Waals surface area contributed by atoms with Crippen LogP contribution in [-0.2, 0) is 0 Å². The van der Waals surface area contributed by atoms with E-state index in [0.717, 1.165) is 5.92 Å². The van der Waals surface area contributed by atoms with Crippen LogP contribution in [0.4, 0.5) is 0 Å². The lowest BCUT2D eigenvalue weighted by Gasteiger charge is -2.54. The summed E-state index contributed by atoms with van der Waals surface area (Å²) in [6, 6.07) is 0. The third-order valence-corrected chi connectivity index (χ3v) is 4.12. The Hall–Kier alpha value is -0.0400. The summed E-state index contributed by atoms with van der Waals surface area (Å²) in [5, 5.41) is 0. The molecule has 0 bridgehead atoms. The lowest BCUT2D eigenvalue weighted by molar-refractivity contribution is -0.0493. The maximum absolute atomic E-state index is 2.48. The second-order valence-electron chi connectivity index (χ2n) is 6.35. The van der Waals surface area contributed by atoms with Gasteiger partial charge in [-0.3, -0.25) is 0 Å². The zero-order valence-corrected chi connectivity index (χ0v) is 9.56. The number of hydrogen-bond donors (Lipinski definition) is 0. The average molecular weight is 181 g/mol. The smallest absolute Gasteiger partial charge is 0.00503 e. The Morgan fingerprint density at radius 3 is 2.31 bits per heavy atom. The normalized spacial score (nSPS) is 33.7. The fourth-order valence-electron chi connectivity index (χ4n) is 3.90. The van der Waals surface area contributed by atoms with Crippen molar-refractivity contribution in [3.8, 4) is 0 Å². The third-order valence-electron chi connectivity index (χ3n) is 4.12. The summed E-state index contributed by atoms with van der Waals surface area (Å²) in [4.78, 5) is 2.48. The average Bonchev–Trinajstić information content (AvgIpc) is 2.28. The lowest BCUT2D eigenvalue weighted by atomic mass is 9.62. The Balaban J connectivity index is 2.12. The number of likely N-dealkylation sites (tertiary alicyclic amines) is 1. The van der Waals surface area contributed by atoms with Crippen molar-refractivity contribution in [2.24, 2.45) is 16.7 Å². The molecule has 2 fully saturated rings. The van der Waals surface area contributed by atoms with Gasteiger partial charge in [0.15, 0.2) is 0 Å². The molecular weight excluding hydrogens is 158 g/mol. The molecule has 1 atom stereocenters. The molecule has 13 heavy (non-hydrogen) atoms. The van der Waals surface area contributed by atoms with Gasteiger partial charge >= 0.3 is 0 Å². The van der Waals surface area contributed by atoms with Crippen molar-refractivity contribution in [1.29, 1.82) is 0 Å². The predicted octanol–water partition coefficient (Wildman–Crippen LogP) is 2.76. The largest absolute Gasteiger partial charge is 0.305 e. The molecule has 1 aliphatic heterocycles. The van der Waals surface area contributed by atoms with E-state index in [9.17, 15) is 0 Å². The minimum absolute atomic E-state index is 0.526. The standard InChI is InChI=1S/C12H23N/c1-11(2,3)10-6-5-7-12(10)8-13(4)9-12/h10H,5-9H2,1-4H3/t10-/m0/s1. The molecule has 1 nitrogen and oxygen atoms in total. The van der Waals surface area contributed by atoms with Gasteiger partial charge in [0, 0.05) is 13.1 Å². The molecule has 0 aromatic carbocycles. The second kappa shape index (κ2) is 2.73. The van der Waals surface area contributed by atoms with Crippen molar-refractivity contribution in [1.82, 2.24) is 4.90 Å². The highest BCUT2D eigenvalue weighted by Crippen LogP contribution is 2.55. The van der Waals surface area contributed by atoms with Crippen LogP contribution >= 0.6 is 0 Å². The van der Waals surface area contributed by atoms with Crippen molar-refractivity contribution < 1.29 is 0 Å². The summed E-state index contributed by atoms with van der Waals surface area (Å²) in [7, 11) is 2.25. The van der Waals surface area contributed by atoms with E-state index < -0.39 is 0 Å². The lowest BCUT2D eigenvalue weighted by Crippen LogP contribution is -2.58. The SMILES string of the molecule is CN1CC2(CCC[C@H]2C(C)(C)C)C1. The quantitative estimate of drug-likeness (QED) is 0.555. The minimum Gasteiger partial charge on any atom is -0.305 e. The Labute approximate surface area is 82.5 Å². The summed E-state index contributed by atoms with van der Waals surface area (Å²) in [5.74, 6) is 0.969. The Morgan fingerprint density at radius 1 is 1.23 bits per heavy atom. The maximum atomic E-state index is 2.48. The van der Waals surface area contributed by atoms with Crippen molar-refractivity contribution in [2.45, 2.75) is 40.0 Å². The van der Waals surface area contributed by atoms with Gasteiger partial charge in [0.25, 0.3) is 0 Å². The van der Waals surface area contributed by atoms with E-state index in [2.05, 4.69) is 32.7 Å². The highest BCUT2D eigenvalue weighted by atomic mass is 15.2. The van der Waals surface area contributed by atoms with E-state index in [1.165, 1.54) is 32.4 Å². The van der Waals surface area contributed by atoms with E-state index in [0.29, 0.717) is 10.8 Å². The Kier molecular flexibility index (Phi) is 1.99. The van der Waals surface area contributed by atoms with Crippen molar-refractivity contribution >= 4 is 0 Å². The molecule has 1 saturated heterocycles. The first-order valence-electron chi connectivity index (χ1n) is 5.63. The second-order valence-corrected chi connectivity index (χ2v) is 6.35. The molecule has 76 valence electrons. The van der Waals surface area contributed by atoms with Crippen molar-refractivity contribution in [2.75, 3.05) is 20.1 Å². The third kappa shape index (κ3) is 1.41. The van der Waals surface area contributed by atoms with Gasteiger partial charge in [-0.15, -0.1) is 0 Å². The summed E-state index contributed by atoms with van der Waals surface area (Å²) in [6.07, 6.45) is 4.42. The van der Waals surface area contributed by atoms with Gasteiger partial charge in [0.1, 0.15) is 0 Å². The van der Waals surface area contributed by atoms with Crippen LogP contribution in [0, 0.1) is 16.7 Å². The van der Waals surface area contributed by atoms with Crippen molar-refractivity contribution in [3.05, 3.63) is 0 Å². The van der Waals surface area contributed by atoms with Gasteiger partial charge < -0.3 is 4.90 Å². The molecule has 0 N–H and O–H groups in total. The molecule has 1 saturated carbocycles. The molecular formula is C12H23N. The first-order chi connectivity index (χ1) is 5.94. The maximum Gasteiger partial charge on any atom is 0.00503 e. The number of rotatable bonds is 0. The number of hydrogen-bond acceptors (Lipinski definition) is 1.